The molecule has 0 bridgehead atoms. The molecule has 0 fully saturated rings. The van der Waals surface area contributed by atoms with E-state index in [2.05, 4.69) is 11.9 Å². The lowest BCUT2D eigenvalue weighted by molar-refractivity contribution is 0.289. The summed E-state index contributed by atoms with van der Waals surface area (Å²) < 4.78 is 0. The molecule has 0 saturated heterocycles. The van der Waals surface area contributed by atoms with Crippen molar-refractivity contribution in [3.05, 3.63) is 18.2 Å². The monoisotopic (exact) mass is 198 g/mol. The first-order valence-corrected chi connectivity index (χ1v) is 5.10. The number of anilines is 1. The molecular formula is C9H14N2OS. The van der Waals surface area contributed by atoms with Gasteiger partial charge in [-0.1, -0.05) is 13.0 Å². The highest BCUT2D eigenvalue weighted by Gasteiger charge is 2.04. The van der Waals surface area contributed by atoms with Crippen molar-refractivity contribution in [3.8, 4) is 0 Å². The van der Waals surface area contributed by atoms with Gasteiger partial charge in [0.25, 0.3) is 0 Å². The van der Waals surface area contributed by atoms with Gasteiger partial charge in [0.15, 0.2) is 0 Å². The summed E-state index contributed by atoms with van der Waals surface area (Å²) >= 11 is 1.63. The number of aromatic nitrogens is 1. The van der Waals surface area contributed by atoms with Gasteiger partial charge in [-0.05, 0) is 18.6 Å². The zero-order valence-corrected chi connectivity index (χ0v) is 8.42. The van der Waals surface area contributed by atoms with Crippen LogP contribution >= 0.6 is 11.8 Å². The van der Waals surface area contributed by atoms with Crippen LogP contribution in [0.4, 0.5) is 5.82 Å². The van der Waals surface area contributed by atoms with Crippen LogP contribution in [0.1, 0.15) is 13.3 Å². The molecule has 0 saturated carbocycles. The first kappa shape index (κ1) is 10.3. The van der Waals surface area contributed by atoms with Gasteiger partial charge in [-0.3, -0.25) is 0 Å². The van der Waals surface area contributed by atoms with Gasteiger partial charge in [0.2, 0.25) is 0 Å². The van der Waals surface area contributed by atoms with E-state index in [-0.39, 0.29) is 6.61 Å². The van der Waals surface area contributed by atoms with E-state index in [0.29, 0.717) is 11.1 Å². The van der Waals surface area contributed by atoms with Crippen LogP contribution in [0.5, 0.6) is 0 Å². The molecule has 0 aliphatic heterocycles. The highest BCUT2D eigenvalue weighted by Crippen LogP contribution is 2.23. The Balaban J connectivity index is 2.53. The molecule has 3 N–H and O–H groups in total. The quantitative estimate of drug-likeness (QED) is 0.720. The van der Waals surface area contributed by atoms with Crippen molar-refractivity contribution >= 4 is 17.6 Å². The smallest absolute Gasteiger partial charge is 0.124 e. The van der Waals surface area contributed by atoms with Gasteiger partial charge in [-0.15, -0.1) is 11.8 Å². The van der Waals surface area contributed by atoms with Crippen LogP contribution in [0.15, 0.2) is 23.2 Å². The van der Waals surface area contributed by atoms with E-state index in [1.54, 1.807) is 17.8 Å². The molecule has 0 radical (unpaired) electrons. The maximum absolute atomic E-state index is 8.71. The predicted molar refractivity (Wildman–Crippen MR) is 55.7 cm³/mol. The van der Waals surface area contributed by atoms with Crippen LogP contribution < -0.4 is 5.73 Å². The van der Waals surface area contributed by atoms with Crippen LogP contribution in [-0.2, 0) is 0 Å². The van der Waals surface area contributed by atoms with Crippen LogP contribution in [0.2, 0.25) is 0 Å². The number of nitrogens with two attached hydrogens (primary N) is 1. The third-order valence-electron chi connectivity index (χ3n) is 1.60. The summed E-state index contributed by atoms with van der Waals surface area (Å²) in [5.74, 6) is 0.543. The second-order valence-corrected chi connectivity index (χ2v) is 4.30. The molecule has 0 aliphatic carbocycles. The fourth-order valence-corrected chi connectivity index (χ4v) is 1.89. The Kier molecular flexibility index (Phi) is 4.05. The molecule has 1 aromatic heterocycles. The second kappa shape index (κ2) is 5.09. The van der Waals surface area contributed by atoms with Crippen LogP contribution in [0.25, 0.3) is 0 Å². The third-order valence-corrected chi connectivity index (χ3v) is 2.71. The van der Waals surface area contributed by atoms with E-state index in [4.69, 9.17) is 10.8 Å². The molecule has 1 atom stereocenters. The molecule has 0 aliphatic rings. The highest BCUT2D eigenvalue weighted by molar-refractivity contribution is 7.99. The molecule has 0 spiro atoms. The summed E-state index contributed by atoms with van der Waals surface area (Å²) in [5, 5.41) is 10.0. The first-order valence-electron chi connectivity index (χ1n) is 4.22. The van der Waals surface area contributed by atoms with Crippen molar-refractivity contribution in [2.75, 3.05) is 12.3 Å². The predicted octanol–water partition coefficient (Wildman–Crippen LogP) is 1.53. The third kappa shape index (κ3) is 3.65. The molecule has 0 aromatic carbocycles. The normalized spacial score (nSPS) is 12.8. The number of aliphatic hydroxyl groups is 1. The molecule has 1 rings (SSSR count). The van der Waals surface area contributed by atoms with E-state index in [0.717, 1.165) is 11.4 Å². The highest BCUT2D eigenvalue weighted by atomic mass is 32.2. The van der Waals surface area contributed by atoms with Gasteiger partial charge < -0.3 is 10.8 Å². The SMILES string of the molecule is CC(CCO)Sc1cccc(N)n1. The number of aliphatic hydroxyl groups excluding tert-OH is 1. The minimum absolute atomic E-state index is 0.219. The maximum atomic E-state index is 8.71. The molecule has 3 nitrogen and oxygen atoms in total. The average molecular weight is 198 g/mol. The number of rotatable bonds is 4. The molecule has 0 amide bonds. The number of nitrogens with zero attached hydrogens (tertiary/aromatic N) is 1. The summed E-state index contributed by atoms with van der Waals surface area (Å²) in [7, 11) is 0. The van der Waals surface area contributed by atoms with Crippen molar-refractivity contribution in [1.82, 2.24) is 4.98 Å². The van der Waals surface area contributed by atoms with E-state index in [1.165, 1.54) is 0 Å². The zero-order chi connectivity index (χ0) is 9.68. The summed E-state index contributed by atoms with van der Waals surface area (Å²) in [5.41, 5.74) is 5.53. The Morgan fingerprint density at radius 3 is 3.00 bits per heavy atom. The summed E-state index contributed by atoms with van der Waals surface area (Å²) in [4.78, 5) is 4.15. The Labute approximate surface area is 82.4 Å². The van der Waals surface area contributed by atoms with E-state index >= 15 is 0 Å². The Hall–Kier alpha value is -0.740. The fraction of sp³-hybridized carbons (Fsp3) is 0.444. The lowest BCUT2D eigenvalue weighted by Crippen LogP contribution is -2.00. The number of hydrogen-bond acceptors (Lipinski definition) is 4. The second-order valence-electron chi connectivity index (χ2n) is 2.84. The van der Waals surface area contributed by atoms with Crippen molar-refractivity contribution < 1.29 is 5.11 Å². The molecule has 1 unspecified atom stereocenters. The number of nitrogen functional groups attached to an aromatic ring is 1. The molecule has 72 valence electrons. The standard InChI is InChI=1S/C9H14N2OS/c1-7(5-6-12)13-9-4-2-3-8(10)11-9/h2-4,7,12H,5-6H2,1H3,(H2,10,11). The summed E-state index contributed by atoms with van der Waals surface area (Å²) in [6.07, 6.45) is 0.779. The minimum Gasteiger partial charge on any atom is -0.396 e. The number of thioether (sulfide) groups is 1. The van der Waals surface area contributed by atoms with Crippen molar-refractivity contribution in [3.63, 3.8) is 0 Å². The fourth-order valence-electron chi connectivity index (χ4n) is 0.943. The van der Waals surface area contributed by atoms with Gasteiger partial charge >= 0.3 is 0 Å². The summed E-state index contributed by atoms with van der Waals surface area (Å²) in [6.45, 7) is 2.28. The Bertz CT molecular complexity index is 268. The van der Waals surface area contributed by atoms with Crippen LogP contribution in [-0.4, -0.2) is 21.9 Å². The number of hydrogen-bond donors (Lipinski definition) is 2. The first-order chi connectivity index (χ1) is 6.22. The Morgan fingerprint density at radius 1 is 1.62 bits per heavy atom. The van der Waals surface area contributed by atoms with E-state index in [9.17, 15) is 0 Å². The molecule has 4 heteroatoms. The molecule has 13 heavy (non-hydrogen) atoms. The molecular weight excluding hydrogens is 184 g/mol. The van der Waals surface area contributed by atoms with Crippen molar-refractivity contribution in [2.24, 2.45) is 0 Å². The van der Waals surface area contributed by atoms with Gasteiger partial charge in [-0.2, -0.15) is 0 Å². The Morgan fingerprint density at radius 2 is 2.38 bits per heavy atom. The number of pyridine rings is 1. The van der Waals surface area contributed by atoms with E-state index < -0.39 is 0 Å². The maximum Gasteiger partial charge on any atom is 0.124 e. The lowest BCUT2D eigenvalue weighted by Gasteiger charge is -2.08. The summed E-state index contributed by atoms with van der Waals surface area (Å²) in [6, 6.07) is 5.58. The van der Waals surface area contributed by atoms with Gasteiger partial charge in [0.05, 0.1) is 5.03 Å². The van der Waals surface area contributed by atoms with E-state index in [1.807, 2.05) is 12.1 Å². The average Bonchev–Trinajstić information content (AvgIpc) is 2.04. The largest absolute Gasteiger partial charge is 0.396 e. The van der Waals surface area contributed by atoms with Crippen LogP contribution in [0.3, 0.4) is 0 Å². The molecule has 1 aromatic rings. The molecule has 1 heterocycles. The minimum atomic E-state index is 0.219. The lowest BCUT2D eigenvalue weighted by atomic mass is 10.3. The van der Waals surface area contributed by atoms with Crippen molar-refractivity contribution in [2.45, 2.75) is 23.6 Å². The van der Waals surface area contributed by atoms with Crippen LogP contribution in [0, 0.1) is 0 Å². The van der Waals surface area contributed by atoms with Gasteiger partial charge in [0, 0.05) is 11.9 Å². The topological polar surface area (TPSA) is 59.1 Å². The van der Waals surface area contributed by atoms with Gasteiger partial charge in [-0.25, -0.2) is 4.98 Å². The zero-order valence-electron chi connectivity index (χ0n) is 7.60. The van der Waals surface area contributed by atoms with Crippen molar-refractivity contribution in [1.29, 1.82) is 0 Å². The van der Waals surface area contributed by atoms with Gasteiger partial charge in [0.1, 0.15) is 5.82 Å².